The van der Waals surface area contributed by atoms with Crippen molar-refractivity contribution in [1.29, 1.82) is 0 Å². The van der Waals surface area contributed by atoms with Crippen LogP contribution in [0.5, 0.6) is 0 Å². The van der Waals surface area contributed by atoms with E-state index in [9.17, 15) is 0 Å². The van der Waals surface area contributed by atoms with Crippen LogP contribution in [0.3, 0.4) is 0 Å². The van der Waals surface area contributed by atoms with Gasteiger partial charge in [-0.15, -0.1) is 0 Å². The van der Waals surface area contributed by atoms with Crippen molar-refractivity contribution < 1.29 is 18.4 Å². The average molecular weight is 290 g/mol. The van der Waals surface area contributed by atoms with Gasteiger partial charge in [0.25, 0.3) is 0 Å². The van der Waals surface area contributed by atoms with Gasteiger partial charge in [0.1, 0.15) is 0 Å². The fourth-order valence-electron chi connectivity index (χ4n) is 1.32. The van der Waals surface area contributed by atoms with Crippen LogP contribution in [0.4, 0.5) is 0 Å². The van der Waals surface area contributed by atoms with Gasteiger partial charge < -0.3 is 0 Å². The Bertz CT molecular complexity index is 298. The van der Waals surface area contributed by atoms with Crippen molar-refractivity contribution >= 4 is 0 Å². The van der Waals surface area contributed by atoms with Gasteiger partial charge >= 0.3 is 84.6 Å². The predicted octanol–water partition coefficient (Wildman–Crippen LogP) is -0.822. The van der Waals surface area contributed by atoms with E-state index >= 15 is 0 Å². The number of rotatable bonds is 2. The van der Waals surface area contributed by atoms with E-state index in [4.69, 9.17) is 0 Å². The Kier molecular flexibility index (Phi) is 2.34. The first kappa shape index (κ1) is 9.44. The summed E-state index contributed by atoms with van der Waals surface area (Å²) in [7, 11) is 0. The molecule has 0 unspecified atom stereocenters. The first-order valence-corrected chi connectivity index (χ1v) is 11.0. The molecule has 0 aliphatic carbocycles. The molecule has 0 saturated carbocycles. The molecule has 0 atom stereocenters. The van der Waals surface area contributed by atoms with Crippen LogP contribution >= 0.6 is 0 Å². The van der Waals surface area contributed by atoms with Crippen molar-refractivity contribution in [3.8, 4) is 0 Å². The zero-order chi connectivity index (χ0) is 9.47. The molecule has 74 valence electrons. The standard InChI is InChI=1S/C11H17IN/c1-9(2)11-5-4-10(8-13-11)12(3)6-7-12/h4-5,8-9H,6-7H2,1-3H3/q-1. The van der Waals surface area contributed by atoms with E-state index in [0.29, 0.717) is 5.92 Å². The van der Waals surface area contributed by atoms with E-state index in [0.717, 1.165) is 0 Å². The van der Waals surface area contributed by atoms with Crippen LogP contribution in [-0.4, -0.2) is 18.8 Å². The van der Waals surface area contributed by atoms with Crippen LogP contribution in [0.2, 0.25) is 0 Å². The molecule has 2 heteroatoms. The molecule has 1 aromatic heterocycles. The summed E-state index contributed by atoms with van der Waals surface area (Å²) < 4.78 is 4.61. The van der Waals surface area contributed by atoms with E-state index in [2.05, 4.69) is 42.1 Å². The van der Waals surface area contributed by atoms with E-state index in [-0.39, 0.29) is 0 Å². The van der Waals surface area contributed by atoms with Crippen molar-refractivity contribution in [3.63, 3.8) is 0 Å². The Labute approximate surface area is 84.5 Å². The van der Waals surface area contributed by atoms with Crippen LogP contribution in [0, 0.1) is 3.57 Å². The normalized spacial score (nSPS) is 21.5. The molecule has 0 bridgehead atoms. The molecule has 0 aromatic carbocycles. The molecule has 2 heterocycles. The summed E-state index contributed by atoms with van der Waals surface area (Å²) in [5.74, 6) is 0.563. The van der Waals surface area contributed by atoms with Gasteiger partial charge in [0.2, 0.25) is 0 Å². The molecule has 1 aromatic rings. The van der Waals surface area contributed by atoms with Gasteiger partial charge in [0.05, 0.1) is 0 Å². The number of aromatic nitrogens is 1. The van der Waals surface area contributed by atoms with E-state index in [1.807, 2.05) is 0 Å². The number of nitrogens with zero attached hydrogens (tertiary/aromatic N) is 1. The quantitative estimate of drug-likeness (QED) is 0.512. The Morgan fingerprint density at radius 3 is 2.38 bits per heavy atom. The summed E-state index contributed by atoms with van der Waals surface area (Å²) in [5, 5.41) is 0. The summed E-state index contributed by atoms with van der Waals surface area (Å²) in [4.78, 5) is 7.03. The molecule has 2 rings (SSSR count). The van der Waals surface area contributed by atoms with Crippen molar-refractivity contribution in [2.75, 3.05) is 13.8 Å². The number of hydrogen-bond acceptors (Lipinski definition) is 1. The maximum atomic E-state index is 4.53. The third kappa shape index (κ3) is 1.87. The van der Waals surface area contributed by atoms with Gasteiger partial charge in [-0.2, -0.15) is 0 Å². The Hall–Kier alpha value is -0.120. The zero-order valence-corrected chi connectivity index (χ0v) is 10.7. The van der Waals surface area contributed by atoms with Gasteiger partial charge in [-0.05, 0) is 0 Å². The predicted molar refractivity (Wildman–Crippen MR) is 52.7 cm³/mol. The molecule has 0 amide bonds. The fraction of sp³-hybridized carbons (Fsp3) is 0.545. The zero-order valence-electron chi connectivity index (χ0n) is 8.55. The van der Waals surface area contributed by atoms with Gasteiger partial charge in [0.15, 0.2) is 0 Å². The van der Waals surface area contributed by atoms with Crippen LogP contribution < -0.4 is 18.4 Å². The second-order valence-corrected chi connectivity index (χ2v) is 14.3. The fourth-order valence-corrected chi connectivity index (χ4v) is 9.14. The molecular formula is C11H17IN-. The van der Waals surface area contributed by atoms with Crippen LogP contribution in [0.15, 0.2) is 18.3 Å². The topological polar surface area (TPSA) is 12.9 Å². The third-order valence-corrected chi connectivity index (χ3v) is 10.6. The number of hydrogen-bond donors (Lipinski definition) is 0. The van der Waals surface area contributed by atoms with E-state index in [1.165, 1.54) is 14.5 Å². The summed E-state index contributed by atoms with van der Waals surface area (Å²) in [6, 6.07) is 4.54. The summed E-state index contributed by atoms with van der Waals surface area (Å²) in [6.45, 7) is 4.39. The number of halogens is 1. The molecule has 1 aliphatic heterocycles. The maximum absolute atomic E-state index is 4.53. The first-order chi connectivity index (χ1) is 6.12. The monoisotopic (exact) mass is 290 g/mol. The number of alkyl halides is 3. The molecule has 1 aliphatic rings. The van der Waals surface area contributed by atoms with Crippen LogP contribution in [0.1, 0.15) is 25.5 Å². The van der Waals surface area contributed by atoms with Crippen molar-refractivity contribution in [2.24, 2.45) is 0 Å². The third-order valence-electron chi connectivity index (χ3n) is 2.62. The van der Waals surface area contributed by atoms with Crippen LogP contribution in [-0.2, 0) is 0 Å². The first-order valence-electron chi connectivity index (χ1n) is 4.73. The molecule has 0 radical (unpaired) electrons. The van der Waals surface area contributed by atoms with E-state index in [1.54, 1.807) is 3.57 Å². The minimum atomic E-state index is -1.31. The summed E-state index contributed by atoms with van der Waals surface area (Å²) in [5.41, 5.74) is 1.23. The van der Waals surface area contributed by atoms with Gasteiger partial charge in [-0.25, -0.2) is 0 Å². The minimum absolute atomic E-state index is 0.563. The SMILES string of the molecule is CC(C)c1ccc([I-]2(C)CC2)cn1. The van der Waals surface area contributed by atoms with Crippen molar-refractivity contribution in [3.05, 3.63) is 27.6 Å². The summed E-state index contributed by atoms with van der Waals surface area (Å²) in [6.07, 6.45) is 2.14. The van der Waals surface area contributed by atoms with Gasteiger partial charge in [0, 0.05) is 0 Å². The Balaban J connectivity index is 2.24. The van der Waals surface area contributed by atoms with Gasteiger partial charge in [-0.3, -0.25) is 0 Å². The Morgan fingerprint density at radius 1 is 1.31 bits per heavy atom. The van der Waals surface area contributed by atoms with Crippen molar-refractivity contribution in [1.82, 2.24) is 4.98 Å². The van der Waals surface area contributed by atoms with Crippen LogP contribution in [0.25, 0.3) is 0 Å². The summed E-state index contributed by atoms with van der Waals surface area (Å²) >= 11 is -1.31. The second kappa shape index (κ2) is 3.23. The van der Waals surface area contributed by atoms with Gasteiger partial charge in [-0.1, -0.05) is 0 Å². The average Bonchev–Trinajstić information content (AvgIpc) is 2.85. The second-order valence-electron chi connectivity index (χ2n) is 4.11. The molecular weight excluding hydrogens is 273 g/mol. The van der Waals surface area contributed by atoms with E-state index < -0.39 is 18.4 Å². The molecule has 0 spiro atoms. The molecule has 1 saturated heterocycles. The number of pyridine rings is 1. The molecule has 1 fully saturated rings. The molecule has 13 heavy (non-hydrogen) atoms. The van der Waals surface area contributed by atoms with Crippen molar-refractivity contribution in [2.45, 2.75) is 19.8 Å². The molecule has 0 N–H and O–H groups in total. The Morgan fingerprint density at radius 2 is 2.00 bits per heavy atom. The molecule has 1 nitrogen and oxygen atoms in total.